The predicted octanol–water partition coefficient (Wildman–Crippen LogP) is 6.02. The first-order valence-corrected chi connectivity index (χ1v) is 8.18. The molecule has 1 aliphatic rings. The van der Waals surface area contributed by atoms with Gasteiger partial charge in [0.1, 0.15) is 0 Å². The molecule has 0 saturated carbocycles. The molecule has 0 bridgehead atoms. The molecule has 0 aliphatic carbocycles. The fourth-order valence-electron chi connectivity index (χ4n) is 3.95. The highest BCUT2D eigenvalue weighted by Gasteiger charge is 2.38. The van der Waals surface area contributed by atoms with E-state index in [9.17, 15) is 0 Å². The van der Waals surface area contributed by atoms with Gasteiger partial charge in [-0.15, -0.1) is 0 Å². The van der Waals surface area contributed by atoms with Crippen molar-refractivity contribution in [1.29, 1.82) is 0 Å². The SMILES string of the molecule is CCC[C@H]1C[C@](C)(CC(C)(C)C)c2ccc(Cl)cc2N1. The molecule has 0 saturated heterocycles. The number of benzene rings is 1. The number of halogens is 1. The first-order valence-electron chi connectivity index (χ1n) is 7.80. The Balaban J connectivity index is 2.40. The van der Waals surface area contributed by atoms with Crippen molar-refractivity contribution >= 4 is 17.3 Å². The molecule has 1 aromatic carbocycles. The Morgan fingerprint density at radius 3 is 2.65 bits per heavy atom. The van der Waals surface area contributed by atoms with E-state index in [0.717, 1.165) is 5.02 Å². The van der Waals surface area contributed by atoms with Gasteiger partial charge in [0.15, 0.2) is 0 Å². The van der Waals surface area contributed by atoms with Crippen LogP contribution in [-0.4, -0.2) is 6.04 Å². The zero-order valence-electron chi connectivity index (χ0n) is 13.5. The van der Waals surface area contributed by atoms with Crippen molar-refractivity contribution in [2.75, 3.05) is 5.32 Å². The van der Waals surface area contributed by atoms with E-state index in [1.807, 2.05) is 6.07 Å². The van der Waals surface area contributed by atoms with E-state index in [-0.39, 0.29) is 5.41 Å². The van der Waals surface area contributed by atoms with Gasteiger partial charge >= 0.3 is 0 Å². The summed E-state index contributed by atoms with van der Waals surface area (Å²) < 4.78 is 0. The van der Waals surface area contributed by atoms with Gasteiger partial charge in [-0.05, 0) is 47.8 Å². The minimum Gasteiger partial charge on any atom is -0.382 e. The highest BCUT2D eigenvalue weighted by molar-refractivity contribution is 6.30. The summed E-state index contributed by atoms with van der Waals surface area (Å²) in [5.74, 6) is 0. The lowest BCUT2D eigenvalue weighted by Crippen LogP contribution is -2.40. The fourth-order valence-corrected chi connectivity index (χ4v) is 4.12. The van der Waals surface area contributed by atoms with Crippen LogP contribution in [0.1, 0.15) is 65.9 Å². The lowest BCUT2D eigenvalue weighted by Gasteiger charge is -2.44. The van der Waals surface area contributed by atoms with Gasteiger partial charge in [-0.25, -0.2) is 0 Å². The molecule has 112 valence electrons. The molecule has 0 fully saturated rings. The van der Waals surface area contributed by atoms with E-state index in [1.54, 1.807) is 0 Å². The molecule has 0 radical (unpaired) electrons. The van der Waals surface area contributed by atoms with E-state index < -0.39 is 0 Å². The van der Waals surface area contributed by atoms with Crippen molar-refractivity contribution in [3.8, 4) is 0 Å². The normalized spacial score (nSPS) is 26.0. The van der Waals surface area contributed by atoms with Crippen molar-refractivity contribution in [3.05, 3.63) is 28.8 Å². The van der Waals surface area contributed by atoms with E-state index in [0.29, 0.717) is 11.5 Å². The van der Waals surface area contributed by atoms with Crippen molar-refractivity contribution in [1.82, 2.24) is 0 Å². The zero-order chi connectivity index (χ0) is 15.0. The molecule has 0 unspecified atom stereocenters. The van der Waals surface area contributed by atoms with Crippen molar-refractivity contribution < 1.29 is 0 Å². The minimum atomic E-state index is 0.239. The van der Waals surface area contributed by atoms with Crippen LogP contribution >= 0.6 is 11.6 Å². The second kappa shape index (κ2) is 5.60. The van der Waals surface area contributed by atoms with Gasteiger partial charge in [0.05, 0.1) is 0 Å². The Morgan fingerprint density at radius 1 is 1.35 bits per heavy atom. The first kappa shape index (κ1) is 15.7. The Bertz CT molecular complexity index is 475. The Hall–Kier alpha value is -0.690. The summed E-state index contributed by atoms with van der Waals surface area (Å²) in [6.07, 6.45) is 4.87. The van der Waals surface area contributed by atoms with Gasteiger partial charge in [0.25, 0.3) is 0 Å². The van der Waals surface area contributed by atoms with Crippen LogP contribution in [0.15, 0.2) is 18.2 Å². The van der Waals surface area contributed by atoms with Crippen LogP contribution in [-0.2, 0) is 5.41 Å². The molecule has 1 heterocycles. The van der Waals surface area contributed by atoms with E-state index >= 15 is 0 Å². The summed E-state index contributed by atoms with van der Waals surface area (Å²) in [6.45, 7) is 11.7. The molecule has 1 nitrogen and oxygen atoms in total. The molecule has 0 aromatic heterocycles. The molecule has 2 rings (SSSR count). The van der Waals surface area contributed by atoms with Crippen LogP contribution in [0.25, 0.3) is 0 Å². The summed E-state index contributed by atoms with van der Waals surface area (Å²) in [7, 11) is 0. The molecule has 1 aliphatic heterocycles. The number of rotatable bonds is 3. The highest BCUT2D eigenvalue weighted by atomic mass is 35.5. The van der Waals surface area contributed by atoms with Gasteiger partial charge in [0.2, 0.25) is 0 Å². The number of hydrogen-bond donors (Lipinski definition) is 1. The van der Waals surface area contributed by atoms with E-state index in [4.69, 9.17) is 11.6 Å². The largest absolute Gasteiger partial charge is 0.382 e. The Kier molecular flexibility index (Phi) is 4.39. The summed E-state index contributed by atoms with van der Waals surface area (Å²) in [6, 6.07) is 6.92. The molecule has 0 amide bonds. The van der Waals surface area contributed by atoms with Gasteiger partial charge in [-0.2, -0.15) is 0 Å². The summed E-state index contributed by atoms with van der Waals surface area (Å²) >= 11 is 6.19. The van der Waals surface area contributed by atoms with Crippen LogP contribution in [0.2, 0.25) is 5.02 Å². The number of fused-ring (bicyclic) bond motifs is 1. The maximum Gasteiger partial charge on any atom is 0.0426 e. The molecule has 2 heteroatoms. The Morgan fingerprint density at radius 2 is 2.05 bits per heavy atom. The second-order valence-electron chi connectivity index (χ2n) is 7.82. The number of nitrogens with one attached hydrogen (secondary N) is 1. The zero-order valence-corrected chi connectivity index (χ0v) is 14.3. The highest BCUT2D eigenvalue weighted by Crippen LogP contribution is 2.47. The first-order chi connectivity index (χ1) is 9.23. The van der Waals surface area contributed by atoms with E-state index in [2.05, 4.69) is 52.1 Å². The molecule has 20 heavy (non-hydrogen) atoms. The standard InChI is InChI=1S/C18H28ClN/c1-6-7-14-11-18(5,12-17(2,3)4)15-9-8-13(19)10-16(15)20-14/h8-10,14,20H,6-7,11-12H2,1-5H3/t14-,18+/m0/s1. The maximum absolute atomic E-state index is 6.19. The van der Waals surface area contributed by atoms with Gasteiger partial charge in [-0.1, -0.05) is 58.7 Å². The van der Waals surface area contributed by atoms with Crippen LogP contribution < -0.4 is 5.32 Å². The lowest BCUT2D eigenvalue weighted by molar-refractivity contribution is 0.239. The van der Waals surface area contributed by atoms with Crippen LogP contribution in [0.5, 0.6) is 0 Å². The smallest absolute Gasteiger partial charge is 0.0426 e. The van der Waals surface area contributed by atoms with Gasteiger partial charge < -0.3 is 5.32 Å². The topological polar surface area (TPSA) is 12.0 Å². The second-order valence-corrected chi connectivity index (χ2v) is 8.26. The lowest BCUT2D eigenvalue weighted by atomic mass is 9.65. The summed E-state index contributed by atoms with van der Waals surface area (Å²) in [4.78, 5) is 0. The van der Waals surface area contributed by atoms with Crippen LogP contribution in [0, 0.1) is 5.41 Å². The Labute approximate surface area is 129 Å². The van der Waals surface area contributed by atoms with E-state index in [1.165, 1.54) is 36.9 Å². The molecule has 0 spiro atoms. The minimum absolute atomic E-state index is 0.239. The third-order valence-corrected chi connectivity index (χ3v) is 4.48. The number of anilines is 1. The predicted molar refractivity (Wildman–Crippen MR) is 89.8 cm³/mol. The van der Waals surface area contributed by atoms with Gasteiger partial charge in [-0.3, -0.25) is 0 Å². The van der Waals surface area contributed by atoms with Crippen molar-refractivity contribution in [2.24, 2.45) is 5.41 Å². The monoisotopic (exact) mass is 293 g/mol. The van der Waals surface area contributed by atoms with Crippen molar-refractivity contribution in [3.63, 3.8) is 0 Å². The molecular weight excluding hydrogens is 266 g/mol. The summed E-state index contributed by atoms with van der Waals surface area (Å²) in [5.41, 5.74) is 3.25. The average molecular weight is 294 g/mol. The van der Waals surface area contributed by atoms with Crippen molar-refractivity contribution in [2.45, 2.75) is 71.8 Å². The number of hydrogen-bond acceptors (Lipinski definition) is 1. The maximum atomic E-state index is 6.19. The quantitative estimate of drug-likeness (QED) is 0.718. The summed E-state index contributed by atoms with van der Waals surface area (Å²) in [5, 5.41) is 4.52. The van der Waals surface area contributed by atoms with Crippen LogP contribution in [0.4, 0.5) is 5.69 Å². The third kappa shape index (κ3) is 3.49. The molecule has 1 N–H and O–H groups in total. The fraction of sp³-hybridized carbons (Fsp3) is 0.667. The third-order valence-electron chi connectivity index (χ3n) is 4.25. The molecule has 1 aromatic rings. The van der Waals surface area contributed by atoms with Gasteiger partial charge in [0, 0.05) is 16.8 Å². The average Bonchev–Trinajstić information content (AvgIpc) is 2.25. The van der Waals surface area contributed by atoms with Crippen LogP contribution in [0.3, 0.4) is 0 Å². The molecule has 2 atom stereocenters. The molecular formula is C18H28ClN.